The molecular weight excluding hydrogens is 424 g/mol. The number of aromatic nitrogens is 5. The van der Waals surface area contributed by atoms with E-state index in [0.717, 1.165) is 53.5 Å². The van der Waals surface area contributed by atoms with Crippen LogP contribution >= 0.6 is 0 Å². The molecule has 1 N–H and O–H groups in total. The molecule has 3 aromatic rings. The molecule has 0 saturated heterocycles. The van der Waals surface area contributed by atoms with Gasteiger partial charge in [-0.05, 0) is 79.5 Å². The molecule has 2 aliphatic carbocycles. The summed E-state index contributed by atoms with van der Waals surface area (Å²) in [5.41, 5.74) is 4.14. The van der Waals surface area contributed by atoms with Gasteiger partial charge in [-0.2, -0.15) is 0 Å². The topological polar surface area (TPSA) is 79.7 Å². The fourth-order valence-electron chi connectivity index (χ4n) is 6.32. The molecule has 34 heavy (non-hydrogen) atoms. The van der Waals surface area contributed by atoms with Crippen LogP contribution < -0.4 is 5.56 Å². The Hall–Kier alpha value is -2.54. The highest BCUT2D eigenvalue weighted by Crippen LogP contribution is 2.37. The van der Waals surface area contributed by atoms with Crippen molar-refractivity contribution in [2.24, 2.45) is 0 Å². The van der Waals surface area contributed by atoms with E-state index in [0.29, 0.717) is 18.6 Å². The van der Waals surface area contributed by atoms with Crippen LogP contribution in [0.5, 0.6) is 0 Å². The number of aromatic amines is 1. The molecule has 7 nitrogen and oxygen atoms in total. The fraction of sp³-hybridized carbons (Fsp3) is 0.630. The first kappa shape index (κ1) is 23.2. The van der Waals surface area contributed by atoms with Gasteiger partial charge in [-0.25, -0.2) is 4.68 Å². The molecule has 2 aliphatic rings. The van der Waals surface area contributed by atoms with Gasteiger partial charge >= 0.3 is 0 Å². The lowest BCUT2D eigenvalue weighted by molar-refractivity contribution is 0.106. The maximum Gasteiger partial charge on any atom is 0.252 e. The lowest BCUT2D eigenvalue weighted by Gasteiger charge is -2.36. The van der Waals surface area contributed by atoms with Crippen molar-refractivity contribution in [1.82, 2.24) is 30.1 Å². The summed E-state index contributed by atoms with van der Waals surface area (Å²) >= 11 is 0. The van der Waals surface area contributed by atoms with E-state index >= 15 is 0 Å². The van der Waals surface area contributed by atoms with Crippen LogP contribution in [-0.2, 0) is 6.54 Å². The number of nitrogens with zero attached hydrogens (tertiary/aromatic N) is 5. The predicted molar refractivity (Wildman–Crippen MR) is 135 cm³/mol. The molecule has 0 radical (unpaired) electrons. The number of rotatable bonds is 8. The van der Waals surface area contributed by atoms with Gasteiger partial charge in [0.25, 0.3) is 5.56 Å². The summed E-state index contributed by atoms with van der Waals surface area (Å²) in [4.78, 5) is 19.0. The Labute approximate surface area is 201 Å². The fourth-order valence-corrected chi connectivity index (χ4v) is 6.32. The molecule has 1 atom stereocenters. The Balaban J connectivity index is 1.54. The minimum atomic E-state index is 0.0214. The van der Waals surface area contributed by atoms with E-state index in [-0.39, 0.29) is 11.6 Å². The van der Waals surface area contributed by atoms with E-state index < -0.39 is 0 Å². The largest absolute Gasteiger partial charge is 0.321 e. The van der Waals surface area contributed by atoms with Gasteiger partial charge in [0.1, 0.15) is 0 Å². The van der Waals surface area contributed by atoms with Gasteiger partial charge in [-0.15, -0.1) is 5.10 Å². The SMILES string of the molecule is CCC[C@@H](c1nnnn1C1CCCC1)N(Cc1cc2cc(C)cc(C)c2[nH]c1=O)C1CCCC1. The second-order valence-corrected chi connectivity index (χ2v) is 10.5. The Morgan fingerprint density at radius 1 is 1.09 bits per heavy atom. The van der Waals surface area contributed by atoms with Crippen molar-refractivity contribution in [3.63, 3.8) is 0 Å². The summed E-state index contributed by atoms with van der Waals surface area (Å²) in [6.07, 6.45) is 11.7. The quantitative estimate of drug-likeness (QED) is 0.476. The summed E-state index contributed by atoms with van der Waals surface area (Å²) < 4.78 is 2.12. The van der Waals surface area contributed by atoms with E-state index in [4.69, 9.17) is 0 Å². The van der Waals surface area contributed by atoms with Crippen molar-refractivity contribution >= 4 is 10.9 Å². The van der Waals surface area contributed by atoms with E-state index in [2.05, 4.69) is 69.1 Å². The molecule has 0 amide bonds. The predicted octanol–water partition coefficient (Wildman–Crippen LogP) is 5.53. The van der Waals surface area contributed by atoms with Crippen LogP contribution in [0.15, 0.2) is 23.0 Å². The molecule has 2 saturated carbocycles. The number of hydrogen-bond donors (Lipinski definition) is 1. The molecule has 5 rings (SSSR count). The van der Waals surface area contributed by atoms with Crippen LogP contribution in [0.25, 0.3) is 10.9 Å². The van der Waals surface area contributed by atoms with E-state index in [9.17, 15) is 4.79 Å². The van der Waals surface area contributed by atoms with Crippen LogP contribution in [0.2, 0.25) is 0 Å². The third-order valence-corrected chi connectivity index (χ3v) is 7.97. The summed E-state index contributed by atoms with van der Waals surface area (Å²) in [6.45, 7) is 7.04. The molecule has 0 unspecified atom stereocenters. The van der Waals surface area contributed by atoms with Crippen LogP contribution in [0.4, 0.5) is 0 Å². The first-order chi connectivity index (χ1) is 16.5. The van der Waals surface area contributed by atoms with Crippen molar-refractivity contribution in [1.29, 1.82) is 0 Å². The molecule has 0 spiro atoms. The maximum atomic E-state index is 13.2. The zero-order valence-electron chi connectivity index (χ0n) is 20.9. The van der Waals surface area contributed by atoms with Gasteiger partial charge in [0.05, 0.1) is 17.6 Å². The summed E-state index contributed by atoms with van der Waals surface area (Å²) in [5.74, 6) is 0.990. The summed E-state index contributed by atoms with van der Waals surface area (Å²) in [7, 11) is 0. The van der Waals surface area contributed by atoms with Crippen molar-refractivity contribution in [2.45, 2.75) is 110 Å². The van der Waals surface area contributed by atoms with Gasteiger partial charge in [0.15, 0.2) is 5.82 Å². The normalized spacial score (nSPS) is 18.5. The lowest BCUT2D eigenvalue weighted by Crippen LogP contribution is -2.39. The summed E-state index contributed by atoms with van der Waals surface area (Å²) in [5, 5.41) is 14.3. The van der Waals surface area contributed by atoms with Crippen molar-refractivity contribution in [3.05, 3.63) is 51.1 Å². The lowest BCUT2D eigenvalue weighted by atomic mass is 10.0. The number of pyridine rings is 1. The Morgan fingerprint density at radius 3 is 2.56 bits per heavy atom. The number of hydrogen-bond acceptors (Lipinski definition) is 5. The zero-order valence-corrected chi connectivity index (χ0v) is 20.9. The number of H-pyrrole nitrogens is 1. The molecule has 2 aromatic heterocycles. The third-order valence-electron chi connectivity index (χ3n) is 7.97. The number of tetrazole rings is 1. The van der Waals surface area contributed by atoms with Crippen LogP contribution in [-0.4, -0.2) is 36.1 Å². The van der Waals surface area contributed by atoms with Crippen molar-refractivity contribution in [3.8, 4) is 0 Å². The molecule has 7 heteroatoms. The van der Waals surface area contributed by atoms with E-state index in [1.54, 1.807) is 0 Å². The Kier molecular flexibility index (Phi) is 6.82. The number of nitrogens with one attached hydrogen (secondary N) is 1. The summed E-state index contributed by atoms with van der Waals surface area (Å²) in [6, 6.07) is 7.40. The van der Waals surface area contributed by atoms with Gasteiger partial charge in [0, 0.05) is 18.2 Å². The first-order valence-electron chi connectivity index (χ1n) is 13.2. The average molecular weight is 463 g/mol. The molecule has 0 bridgehead atoms. The molecule has 1 aromatic carbocycles. The van der Waals surface area contributed by atoms with Crippen LogP contribution in [0.3, 0.4) is 0 Å². The minimum Gasteiger partial charge on any atom is -0.321 e. The van der Waals surface area contributed by atoms with E-state index in [1.165, 1.54) is 44.1 Å². The van der Waals surface area contributed by atoms with Gasteiger partial charge in [-0.1, -0.05) is 50.7 Å². The highest BCUT2D eigenvalue weighted by molar-refractivity contribution is 5.82. The van der Waals surface area contributed by atoms with Crippen LogP contribution in [0.1, 0.15) is 106 Å². The van der Waals surface area contributed by atoms with Crippen molar-refractivity contribution < 1.29 is 0 Å². The number of aryl methyl sites for hydroxylation is 2. The zero-order chi connectivity index (χ0) is 23.7. The average Bonchev–Trinajstić information content (AvgIpc) is 3.59. The molecule has 2 heterocycles. The van der Waals surface area contributed by atoms with E-state index in [1.807, 2.05) is 0 Å². The van der Waals surface area contributed by atoms with Gasteiger partial charge in [-0.3, -0.25) is 9.69 Å². The standard InChI is InChI=1S/C27H38N6O/c1-4-9-24(26-29-30-31-33(26)23-12-7-8-13-23)32(22-10-5-6-11-22)17-21-16-20-15-18(2)14-19(3)25(20)28-27(21)34/h14-16,22-24H,4-13,17H2,1-3H3,(H,28,34)/t24-/m0/s1. The molecule has 0 aliphatic heterocycles. The number of fused-ring (bicyclic) bond motifs is 1. The second-order valence-electron chi connectivity index (χ2n) is 10.5. The molecule has 182 valence electrons. The smallest absolute Gasteiger partial charge is 0.252 e. The van der Waals surface area contributed by atoms with Crippen LogP contribution in [0, 0.1) is 13.8 Å². The molecular formula is C27H38N6O. The van der Waals surface area contributed by atoms with Crippen molar-refractivity contribution in [2.75, 3.05) is 0 Å². The Bertz CT molecular complexity index is 1190. The highest BCUT2D eigenvalue weighted by atomic mass is 16.1. The monoisotopic (exact) mass is 462 g/mol. The van der Waals surface area contributed by atoms with Gasteiger partial charge < -0.3 is 4.98 Å². The molecule has 2 fully saturated rings. The second kappa shape index (κ2) is 9.98. The number of benzene rings is 1. The minimum absolute atomic E-state index is 0.0214. The maximum absolute atomic E-state index is 13.2. The Morgan fingerprint density at radius 2 is 1.82 bits per heavy atom. The highest BCUT2D eigenvalue weighted by Gasteiger charge is 2.34. The van der Waals surface area contributed by atoms with Gasteiger partial charge in [0.2, 0.25) is 0 Å². The first-order valence-corrected chi connectivity index (χ1v) is 13.2. The third kappa shape index (κ3) is 4.54.